The van der Waals surface area contributed by atoms with Crippen molar-refractivity contribution in [1.82, 2.24) is 9.21 Å². The number of aryl methyl sites for hydroxylation is 2. The van der Waals surface area contributed by atoms with Gasteiger partial charge in [-0.1, -0.05) is 36.4 Å². The maximum atomic E-state index is 12.6. The number of benzene rings is 2. The summed E-state index contributed by atoms with van der Waals surface area (Å²) < 4.78 is 32.3. The van der Waals surface area contributed by atoms with Crippen LogP contribution in [0.4, 0.5) is 0 Å². The molecule has 7 heteroatoms. The molecule has 1 heterocycles. The molecule has 28 heavy (non-hydrogen) atoms. The number of sulfonamides is 1. The maximum Gasteiger partial charge on any atom is 0.260 e. The van der Waals surface area contributed by atoms with E-state index in [-0.39, 0.29) is 18.3 Å². The summed E-state index contributed by atoms with van der Waals surface area (Å²) in [5.74, 6) is 0.534. The van der Waals surface area contributed by atoms with Gasteiger partial charge in [-0.25, -0.2) is 8.42 Å². The lowest BCUT2D eigenvalue weighted by molar-refractivity contribution is -0.134. The molecule has 6 nitrogen and oxygen atoms in total. The van der Waals surface area contributed by atoms with E-state index >= 15 is 0 Å². The molecule has 3 rings (SSSR count). The fourth-order valence-corrected chi connectivity index (χ4v) is 4.86. The number of ether oxygens (including phenoxy) is 1. The van der Waals surface area contributed by atoms with E-state index in [4.69, 9.17) is 4.74 Å². The van der Waals surface area contributed by atoms with Crippen molar-refractivity contribution >= 4 is 15.9 Å². The molecule has 1 saturated heterocycles. The van der Waals surface area contributed by atoms with Crippen LogP contribution in [-0.4, -0.2) is 56.3 Å². The number of amides is 1. The Morgan fingerprint density at radius 2 is 1.57 bits per heavy atom. The fraction of sp³-hybridized carbons (Fsp3) is 0.381. The molecule has 0 aromatic heterocycles. The van der Waals surface area contributed by atoms with E-state index < -0.39 is 10.0 Å². The Morgan fingerprint density at radius 3 is 2.18 bits per heavy atom. The minimum atomic E-state index is -3.39. The molecule has 0 radical (unpaired) electrons. The normalized spacial score (nSPS) is 15.4. The Labute approximate surface area is 166 Å². The molecule has 0 aliphatic carbocycles. The van der Waals surface area contributed by atoms with E-state index in [9.17, 15) is 13.2 Å². The molecule has 1 fully saturated rings. The van der Waals surface area contributed by atoms with Gasteiger partial charge in [0.05, 0.1) is 5.75 Å². The van der Waals surface area contributed by atoms with Gasteiger partial charge in [0.1, 0.15) is 5.75 Å². The Kier molecular flexibility index (Phi) is 6.36. The highest BCUT2D eigenvalue weighted by molar-refractivity contribution is 7.88. The van der Waals surface area contributed by atoms with Gasteiger partial charge in [0.25, 0.3) is 5.91 Å². The first-order valence-corrected chi connectivity index (χ1v) is 10.9. The van der Waals surface area contributed by atoms with Gasteiger partial charge < -0.3 is 9.64 Å². The second-order valence-corrected chi connectivity index (χ2v) is 9.10. The van der Waals surface area contributed by atoms with Crippen molar-refractivity contribution in [3.05, 3.63) is 65.2 Å². The summed E-state index contributed by atoms with van der Waals surface area (Å²) in [5.41, 5.74) is 2.93. The number of hydrogen-bond donors (Lipinski definition) is 0. The van der Waals surface area contributed by atoms with Crippen molar-refractivity contribution in [1.29, 1.82) is 0 Å². The van der Waals surface area contributed by atoms with Crippen LogP contribution in [0.5, 0.6) is 5.75 Å². The van der Waals surface area contributed by atoms with Gasteiger partial charge >= 0.3 is 0 Å². The molecule has 0 spiro atoms. The van der Waals surface area contributed by atoms with Crippen LogP contribution in [0.25, 0.3) is 0 Å². The standard InChI is InChI=1S/C21H26N2O4S/c1-17-12-18(2)14-20(13-17)27-15-21(24)22-8-10-23(11-9-22)28(25,26)16-19-6-4-3-5-7-19/h3-7,12-14H,8-11,15-16H2,1-2H3. The zero-order valence-corrected chi connectivity index (χ0v) is 17.1. The zero-order valence-electron chi connectivity index (χ0n) is 16.3. The number of rotatable bonds is 6. The molecule has 0 saturated carbocycles. The van der Waals surface area contributed by atoms with Gasteiger partial charge in [0.15, 0.2) is 6.61 Å². The highest BCUT2D eigenvalue weighted by Gasteiger charge is 2.29. The average Bonchev–Trinajstić information content (AvgIpc) is 2.66. The van der Waals surface area contributed by atoms with Crippen LogP contribution < -0.4 is 4.74 Å². The lowest BCUT2D eigenvalue weighted by Crippen LogP contribution is -2.51. The Morgan fingerprint density at radius 1 is 0.964 bits per heavy atom. The minimum Gasteiger partial charge on any atom is -0.484 e. The predicted molar refractivity (Wildman–Crippen MR) is 109 cm³/mol. The topological polar surface area (TPSA) is 66.9 Å². The largest absolute Gasteiger partial charge is 0.484 e. The van der Waals surface area contributed by atoms with Crippen LogP contribution in [0.1, 0.15) is 16.7 Å². The van der Waals surface area contributed by atoms with E-state index in [0.717, 1.165) is 16.7 Å². The summed E-state index contributed by atoms with van der Waals surface area (Å²) in [5, 5.41) is 0. The summed E-state index contributed by atoms with van der Waals surface area (Å²) in [7, 11) is -3.39. The van der Waals surface area contributed by atoms with Crippen LogP contribution in [-0.2, 0) is 20.6 Å². The van der Waals surface area contributed by atoms with E-state index in [1.807, 2.05) is 62.4 Å². The van der Waals surface area contributed by atoms with Gasteiger partial charge in [-0.05, 0) is 42.7 Å². The summed E-state index contributed by atoms with van der Waals surface area (Å²) in [6.07, 6.45) is 0. The van der Waals surface area contributed by atoms with Crippen molar-refractivity contribution in [3.63, 3.8) is 0 Å². The molecule has 1 aliphatic heterocycles. The van der Waals surface area contributed by atoms with E-state index in [0.29, 0.717) is 31.9 Å². The van der Waals surface area contributed by atoms with Crippen molar-refractivity contribution in [2.24, 2.45) is 0 Å². The molecule has 2 aromatic rings. The summed E-state index contributed by atoms with van der Waals surface area (Å²) in [6, 6.07) is 15.0. The van der Waals surface area contributed by atoms with Crippen LogP contribution in [0.3, 0.4) is 0 Å². The number of carbonyl (C=O) groups excluding carboxylic acids is 1. The summed E-state index contributed by atoms with van der Waals surface area (Å²) in [4.78, 5) is 14.1. The average molecular weight is 403 g/mol. The number of nitrogens with zero attached hydrogens (tertiary/aromatic N) is 2. The number of piperazine rings is 1. The number of carbonyl (C=O) groups is 1. The third kappa shape index (κ3) is 5.33. The number of hydrogen-bond acceptors (Lipinski definition) is 4. The third-order valence-electron chi connectivity index (χ3n) is 4.73. The molecule has 0 atom stereocenters. The predicted octanol–water partition coefficient (Wildman–Crippen LogP) is 2.36. The Balaban J connectivity index is 1.51. The molecule has 1 aliphatic rings. The monoisotopic (exact) mass is 402 g/mol. The first-order valence-electron chi connectivity index (χ1n) is 9.34. The molecule has 150 valence electrons. The smallest absolute Gasteiger partial charge is 0.260 e. The zero-order chi connectivity index (χ0) is 20.1. The van der Waals surface area contributed by atoms with Crippen LogP contribution in [0.2, 0.25) is 0 Å². The fourth-order valence-electron chi connectivity index (χ4n) is 3.34. The van der Waals surface area contributed by atoms with Gasteiger partial charge in [-0.15, -0.1) is 0 Å². The minimum absolute atomic E-state index is 0.0163. The molecule has 2 aromatic carbocycles. The molecular formula is C21H26N2O4S. The maximum absolute atomic E-state index is 12.6. The molecular weight excluding hydrogens is 376 g/mol. The first kappa shape index (κ1) is 20.4. The van der Waals surface area contributed by atoms with E-state index in [1.165, 1.54) is 4.31 Å². The molecule has 0 bridgehead atoms. The molecule has 0 N–H and O–H groups in total. The second kappa shape index (κ2) is 8.75. The van der Waals surface area contributed by atoms with E-state index in [2.05, 4.69) is 0 Å². The first-order chi connectivity index (χ1) is 13.3. The van der Waals surface area contributed by atoms with Gasteiger partial charge in [0.2, 0.25) is 10.0 Å². The van der Waals surface area contributed by atoms with Crippen LogP contribution in [0, 0.1) is 13.8 Å². The highest BCUT2D eigenvalue weighted by atomic mass is 32.2. The van der Waals surface area contributed by atoms with E-state index in [1.54, 1.807) is 4.90 Å². The third-order valence-corrected chi connectivity index (χ3v) is 6.58. The summed E-state index contributed by atoms with van der Waals surface area (Å²) >= 11 is 0. The van der Waals surface area contributed by atoms with Crippen molar-refractivity contribution in [2.75, 3.05) is 32.8 Å². The summed E-state index contributed by atoms with van der Waals surface area (Å²) in [6.45, 7) is 5.30. The van der Waals surface area contributed by atoms with Crippen molar-refractivity contribution in [3.8, 4) is 5.75 Å². The Hall–Kier alpha value is -2.38. The van der Waals surface area contributed by atoms with Crippen molar-refractivity contribution < 1.29 is 17.9 Å². The van der Waals surface area contributed by atoms with Gasteiger partial charge in [0, 0.05) is 26.2 Å². The molecule has 0 unspecified atom stereocenters. The van der Waals surface area contributed by atoms with Crippen molar-refractivity contribution in [2.45, 2.75) is 19.6 Å². The second-order valence-electron chi connectivity index (χ2n) is 7.13. The quantitative estimate of drug-likeness (QED) is 0.744. The van der Waals surface area contributed by atoms with Gasteiger partial charge in [-0.3, -0.25) is 4.79 Å². The van der Waals surface area contributed by atoms with Crippen LogP contribution >= 0.6 is 0 Å². The highest BCUT2D eigenvalue weighted by Crippen LogP contribution is 2.17. The SMILES string of the molecule is Cc1cc(C)cc(OCC(=O)N2CCN(S(=O)(=O)Cc3ccccc3)CC2)c1. The van der Waals surface area contributed by atoms with Crippen LogP contribution in [0.15, 0.2) is 48.5 Å². The van der Waals surface area contributed by atoms with Gasteiger partial charge in [-0.2, -0.15) is 4.31 Å². The molecule has 1 amide bonds. The lowest BCUT2D eigenvalue weighted by atomic mass is 10.1. The Bertz CT molecular complexity index is 900. The lowest BCUT2D eigenvalue weighted by Gasteiger charge is -2.34.